The van der Waals surface area contributed by atoms with Gasteiger partial charge in [-0.2, -0.15) is 0 Å². The van der Waals surface area contributed by atoms with Crippen molar-refractivity contribution in [3.05, 3.63) is 35.7 Å². The molecule has 0 bridgehead atoms. The number of anilines is 1. The number of hydrogen-bond donors (Lipinski definition) is 1. The van der Waals surface area contributed by atoms with Crippen molar-refractivity contribution in [3.63, 3.8) is 0 Å². The Morgan fingerprint density at radius 3 is 2.88 bits per heavy atom. The second-order valence-corrected chi connectivity index (χ2v) is 7.72. The van der Waals surface area contributed by atoms with Gasteiger partial charge in [-0.1, -0.05) is 18.9 Å². The van der Waals surface area contributed by atoms with Gasteiger partial charge in [-0.25, -0.2) is 0 Å². The summed E-state index contributed by atoms with van der Waals surface area (Å²) in [7, 11) is 1.91. The van der Waals surface area contributed by atoms with Gasteiger partial charge in [-0.3, -0.25) is 9.69 Å². The summed E-state index contributed by atoms with van der Waals surface area (Å²) in [5, 5.41) is 3.49. The number of carbonyl (C=O) groups is 1. The molecule has 25 heavy (non-hydrogen) atoms. The van der Waals surface area contributed by atoms with Gasteiger partial charge < -0.3 is 10.2 Å². The van der Waals surface area contributed by atoms with Gasteiger partial charge in [0.25, 0.3) is 0 Å². The van der Waals surface area contributed by atoms with Crippen LogP contribution in [0, 0.1) is 19.3 Å². The van der Waals surface area contributed by atoms with Crippen molar-refractivity contribution in [2.24, 2.45) is 5.92 Å². The highest BCUT2D eigenvalue weighted by molar-refractivity contribution is 5.95. The summed E-state index contributed by atoms with van der Waals surface area (Å²) in [6.07, 6.45) is 6.68. The molecule has 1 saturated heterocycles. The molecule has 2 atom stereocenters. The topological polar surface area (TPSA) is 35.6 Å². The summed E-state index contributed by atoms with van der Waals surface area (Å²) in [6.45, 7) is 8.65. The van der Waals surface area contributed by atoms with Crippen molar-refractivity contribution in [1.82, 2.24) is 10.2 Å². The normalized spacial score (nSPS) is 22.8. The Bertz CT molecular complexity index is 595. The SMILES string of the molecule is Cc1cc(N(C)C(=O)C2[CH]CCCC2)ccc1CN1CCN[C@@H](C)C1. The Balaban J connectivity index is 1.65. The van der Waals surface area contributed by atoms with Crippen molar-refractivity contribution >= 4 is 11.6 Å². The molecule has 0 spiro atoms. The van der Waals surface area contributed by atoms with E-state index >= 15 is 0 Å². The van der Waals surface area contributed by atoms with Crippen LogP contribution in [0.15, 0.2) is 18.2 Å². The van der Waals surface area contributed by atoms with Crippen molar-refractivity contribution in [1.29, 1.82) is 0 Å². The summed E-state index contributed by atoms with van der Waals surface area (Å²) >= 11 is 0. The van der Waals surface area contributed by atoms with Crippen molar-refractivity contribution in [2.75, 3.05) is 31.6 Å². The van der Waals surface area contributed by atoms with Crippen LogP contribution in [0.4, 0.5) is 5.69 Å². The Labute approximate surface area is 152 Å². The molecule has 4 heteroatoms. The van der Waals surface area contributed by atoms with Crippen LogP contribution >= 0.6 is 0 Å². The molecule has 2 fully saturated rings. The van der Waals surface area contributed by atoms with Crippen LogP contribution in [0.25, 0.3) is 0 Å². The van der Waals surface area contributed by atoms with Crippen LogP contribution in [-0.4, -0.2) is 43.5 Å². The van der Waals surface area contributed by atoms with Gasteiger partial charge in [-0.05, 0) is 56.4 Å². The third kappa shape index (κ3) is 4.62. The lowest BCUT2D eigenvalue weighted by molar-refractivity contribution is -0.121. The highest BCUT2D eigenvalue weighted by atomic mass is 16.2. The fourth-order valence-corrected chi connectivity index (χ4v) is 4.01. The molecule has 1 saturated carbocycles. The van der Waals surface area contributed by atoms with E-state index in [0.29, 0.717) is 6.04 Å². The molecule has 137 valence electrons. The minimum absolute atomic E-state index is 0.0982. The summed E-state index contributed by atoms with van der Waals surface area (Å²) in [5.74, 6) is 0.337. The quantitative estimate of drug-likeness (QED) is 0.913. The molecule has 1 N–H and O–H groups in total. The van der Waals surface area contributed by atoms with Crippen LogP contribution in [0.1, 0.15) is 43.7 Å². The predicted molar refractivity (Wildman–Crippen MR) is 104 cm³/mol. The fourth-order valence-electron chi connectivity index (χ4n) is 4.01. The predicted octanol–water partition coefficient (Wildman–Crippen LogP) is 3.15. The number of hydrogen-bond acceptors (Lipinski definition) is 3. The number of rotatable bonds is 4. The summed E-state index contributed by atoms with van der Waals surface area (Å²) in [5.41, 5.74) is 3.65. The number of nitrogens with one attached hydrogen (secondary N) is 1. The highest BCUT2D eigenvalue weighted by Crippen LogP contribution is 2.27. The van der Waals surface area contributed by atoms with Gasteiger partial charge >= 0.3 is 0 Å². The highest BCUT2D eigenvalue weighted by Gasteiger charge is 2.25. The van der Waals surface area contributed by atoms with Crippen molar-refractivity contribution in [3.8, 4) is 0 Å². The molecule has 0 aromatic heterocycles. The third-order valence-electron chi connectivity index (χ3n) is 5.63. The standard InChI is InChI=1S/C21H32N3O/c1-16-13-20(23(3)21(25)18-7-5-4-6-8-18)10-9-19(16)15-24-12-11-22-17(2)14-24/h7,9-10,13,17-18,22H,4-6,8,11-12,14-15H2,1-3H3/t17-,18?/m0/s1. The average molecular weight is 343 g/mol. The monoisotopic (exact) mass is 342 g/mol. The number of piperazine rings is 1. The van der Waals surface area contributed by atoms with E-state index in [-0.39, 0.29) is 11.8 Å². The fraction of sp³-hybridized carbons (Fsp3) is 0.619. The molecular weight excluding hydrogens is 310 g/mol. The molecule has 1 aliphatic heterocycles. The molecule has 1 aliphatic carbocycles. The van der Waals surface area contributed by atoms with E-state index in [0.717, 1.165) is 44.7 Å². The first-order valence-electron chi connectivity index (χ1n) is 9.71. The molecule has 1 amide bonds. The number of benzene rings is 1. The van der Waals surface area contributed by atoms with Gasteiger partial charge in [0.05, 0.1) is 0 Å². The summed E-state index contributed by atoms with van der Waals surface area (Å²) in [4.78, 5) is 17.1. The lowest BCUT2D eigenvalue weighted by atomic mass is 9.88. The van der Waals surface area contributed by atoms with E-state index in [4.69, 9.17) is 0 Å². The molecule has 3 rings (SSSR count). The van der Waals surface area contributed by atoms with E-state index in [1.807, 2.05) is 11.9 Å². The van der Waals surface area contributed by atoms with Gasteiger partial charge in [0.1, 0.15) is 0 Å². The van der Waals surface area contributed by atoms with Crippen LogP contribution < -0.4 is 10.2 Å². The molecule has 1 aromatic rings. The lowest BCUT2D eigenvalue weighted by Crippen LogP contribution is -2.48. The average Bonchev–Trinajstić information content (AvgIpc) is 2.63. The lowest BCUT2D eigenvalue weighted by Gasteiger charge is -2.32. The van der Waals surface area contributed by atoms with E-state index in [1.165, 1.54) is 24.0 Å². The third-order valence-corrected chi connectivity index (χ3v) is 5.63. The first kappa shape index (κ1) is 18.4. The van der Waals surface area contributed by atoms with E-state index in [2.05, 4.69) is 48.7 Å². The van der Waals surface area contributed by atoms with Gasteiger partial charge in [0.2, 0.25) is 5.91 Å². The number of amides is 1. The Kier molecular flexibility index (Phi) is 6.13. The molecule has 1 unspecified atom stereocenters. The summed E-state index contributed by atoms with van der Waals surface area (Å²) in [6, 6.07) is 7.03. The van der Waals surface area contributed by atoms with Crippen LogP contribution in [-0.2, 0) is 11.3 Å². The minimum Gasteiger partial charge on any atom is -0.315 e. The maximum atomic E-state index is 12.7. The zero-order valence-corrected chi connectivity index (χ0v) is 15.9. The second kappa shape index (κ2) is 8.33. The first-order chi connectivity index (χ1) is 12.0. The second-order valence-electron chi connectivity index (χ2n) is 7.72. The smallest absolute Gasteiger partial charge is 0.230 e. The van der Waals surface area contributed by atoms with Crippen LogP contribution in [0.2, 0.25) is 0 Å². The van der Waals surface area contributed by atoms with E-state index in [1.54, 1.807) is 0 Å². The number of aryl methyl sites for hydroxylation is 1. The molecule has 1 aromatic carbocycles. The van der Waals surface area contributed by atoms with Gasteiger partial charge in [0.15, 0.2) is 0 Å². The molecule has 1 radical (unpaired) electrons. The zero-order chi connectivity index (χ0) is 17.8. The Morgan fingerprint density at radius 2 is 2.20 bits per heavy atom. The van der Waals surface area contributed by atoms with Crippen LogP contribution in [0.5, 0.6) is 0 Å². The number of carbonyl (C=O) groups excluding carboxylic acids is 1. The van der Waals surface area contributed by atoms with Crippen molar-refractivity contribution < 1.29 is 4.79 Å². The van der Waals surface area contributed by atoms with Crippen molar-refractivity contribution in [2.45, 2.75) is 52.1 Å². The van der Waals surface area contributed by atoms with Crippen LogP contribution in [0.3, 0.4) is 0 Å². The number of nitrogens with zero attached hydrogens (tertiary/aromatic N) is 2. The summed E-state index contributed by atoms with van der Waals surface area (Å²) < 4.78 is 0. The Hall–Kier alpha value is -1.39. The maximum Gasteiger partial charge on any atom is 0.230 e. The van der Waals surface area contributed by atoms with E-state index < -0.39 is 0 Å². The first-order valence-corrected chi connectivity index (χ1v) is 9.71. The maximum absolute atomic E-state index is 12.7. The van der Waals surface area contributed by atoms with Gasteiger partial charge in [-0.15, -0.1) is 0 Å². The Morgan fingerprint density at radius 1 is 1.36 bits per heavy atom. The molecule has 1 heterocycles. The molecule has 4 nitrogen and oxygen atoms in total. The molecular formula is C21H32N3O. The van der Waals surface area contributed by atoms with E-state index in [9.17, 15) is 4.79 Å². The largest absolute Gasteiger partial charge is 0.315 e. The molecule has 2 aliphatic rings. The minimum atomic E-state index is 0.0982. The van der Waals surface area contributed by atoms with Gasteiger partial charge in [0, 0.05) is 50.9 Å². The zero-order valence-electron chi connectivity index (χ0n) is 15.9.